The predicted octanol–water partition coefficient (Wildman–Crippen LogP) is 3.12. The molecule has 6 nitrogen and oxygen atoms in total. The number of hydrogen-bond donors (Lipinski definition) is 1. The van der Waals surface area contributed by atoms with Crippen molar-refractivity contribution in [2.45, 2.75) is 6.42 Å². The molecule has 1 amide bonds. The van der Waals surface area contributed by atoms with Crippen LogP contribution in [0.4, 0.5) is 5.69 Å². The van der Waals surface area contributed by atoms with Crippen LogP contribution in [0, 0.1) is 5.92 Å². The largest absolute Gasteiger partial charge is 0.492 e. The predicted molar refractivity (Wildman–Crippen MR) is 93.0 cm³/mol. The Morgan fingerprint density at radius 3 is 2.96 bits per heavy atom. The number of ether oxygens (including phenoxy) is 2. The molecule has 1 N–H and O–H groups in total. The standard InChI is InChI=1S/C17H14Cl2N2O4/c18-12-3-4-14-10(7-12)6-11(8-24-14)17(23)25-9-15(22)21-13-2-1-5-20-16(13)19/h1-5,7,11H,6,8-9H2,(H,21,22)/t11-/m1/s1. The molecule has 0 radical (unpaired) electrons. The van der Waals surface area contributed by atoms with Gasteiger partial charge in [-0.3, -0.25) is 9.59 Å². The van der Waals surface area contributed by atoms with Crippen LogP contribution in [0.2, 0.25) is 10.2 Å². The summed E-state index contributed by atoms with van der Waals surface area (Å²) in [5, 5.41) is 3.27. The zero-order valence-electron chi connectivity index (χ0n) is 13.0. The van der Waals surface area contributed by atoms with E-state index in [-0.39, 0.29) is 11.8 Å². The van der Waals surface area contributed by atoms with E-state index in [2.05, 4.69) is 10.3 Å². The molecule has 2 aromatic rings. The number of rotatable bonds is 4. The van der Waals surface area contributed by atoms with Gasteiger partial charge < -0.3 is 14.8 Å². The lowest BCUT2D eigenvalue weighted by atomic mass is 9.97. The highest BCUT2D eigenvalue weighted by Crippen LogP contribution is 2.30. The molecule has 1 aliphatic heterocycles. The quantitative estimate of drug-likeness (QED) is 0.651. The Balaban J connectivity index is 1.53. The molecule has 1 aliphatic rings. The Kier molecular flexibility index (Phi) is 5.40. The first-order valence-corrected chi connectivity index (χ1v) is 8.27. The number of fused-ring (bicyclic) bond motifs is 1. The van der Waals surface area contributed by atoms with E-state index in [1.54, 1.807) is 30.3 Å². The second-order valence-corrected chi connectivity index (χ2v) is 6.26. The molecule has 1 atom stereocenters. The number of carbonyl (C=O) groups excluding carboxylic acids is 2. The van der Waals surface area contributed by atoms with E-state index in [1.807, 2.05) is 0 Å². The number of halogens is 2. The van der Waals surface area contributed by atoms with Crippen molar-refractivity contribution in [3.05, 3.63) is 52.3 Å². The zero-order chi connectivity index (χ0) is 17.8. The molecule has 25 heavy (non-hydrogen) atoms. The summed E-state index contributed by atoms with van der Waals surface area (Å²) in [4.78, 5) is 27.9. The van der Waals surface area contributed by atoms with E-state index in [4.69, 9.17) is 32.7 Å². The number of benzene rings is 1. The average molecular weight is 381 g/mol. The van der Waals surface area contributed by atoms with E-state index >= 15 is 0 Å². The van der Waals surface area contributed by atoms with Crippen molar-refractivity contribution in [2.75, 3.05) is 18.5 Å². The zero-order valence-corrected chi connectivity index (χ0v) is 14.5. The van der Waals surface area contributed by atoms with Crippen LogP contribution in [0.5, 0.6) is 5.75 Å². The van der Waals surface area contributed by atoms with E-state index in [9.17, 15) is 9.59 Å². The third-order valence-electron chi connectivity index (χ3n) is 3.64. The number of esters is 1. The van der Waals surface area contributed by atoms with Crippen molar-refractivity contribution in [2.24, 2.45) is 5.92 Å². The third-order valence-corrected chi connectivity index (χ3v) is 4.18. The first-order valence-electron chi connectivity index (χ1n) is 7.51. The van der Waals surface area contributed by atoms with Gasteiger partial charge in [0.05, 0.1) is 11.6 Å². The molecular formula is C17H14Cl2N2O4. The summed E-state index contributed by atoms with van der Waals surface area (Å²) in [7, 11) is 0. The van der Waals surface area contributed by atoms with Crippen LogP contribution in [0.3, 0.4) is 0 Å². The van der Waals surface area contributed by atoms with Crippen LogP contribution in [-0.2, 0) is 20.7 Å². The monoisotopic (exact) mass is 380 g/mol. The van der Waals surface area contributed by atoms with Gasteiger partial charge in [0.25, 0.3) is 5.91 Å². The van der Waals surface area contributed by atoms with Gasteiger partial charge in [0.2, 0.25) is 0 Å². The molecule has 0 spiro atoms. The number of nitrogens with zero attached hydrogens (tertiary/aromatic N) is 1. The van der Waals surface area contributed by atoms with Crippen molar-refractivity contribution in [1.29, 1.82) is 0 Å². The second kappa shape index (κ2) is 7.72. The maximum atomic E-state index is 12.2. The number of pyridine rings is 1. The fraction of sp³-hybridized carbons (Fsp3) is 0.235. The molecule has 2 heterocycles. The lowest BCUT2D eigenvalue weighted by Gasteiger charge is -2.24. The van der Waals surface area contributed by atoms with Crippen LogP contribution < -0.4 is 10.1 Å². The van der Waals surface area contributed by atoms with Gasteiger partial charge >= 0.3 is 5.97 Å². The van der Waals surface area contributed by atoms with Crippen LogP contribution in [0.25, 0.3) is 0 Å². The first kappa shape index (κ1) is 17.5. The fourth-order valence-electron chi connectivity index (χ4n) is 2.43. The summed E-state index contributed by atoms with van der Waals surface area (Å²) in [6, 6.07) is 8.49. The van der Waals surface area contributed by atoms with Gasteiger partial charge in [0, 0.05) is 11.2 Å². The summed E-state index contributed by atoms with van der Waals surface area (Å²) in [6.07, 6.45) is 1.95. The number of aromatic nitrogens is 1. The lowest BCUT2D eigenvalue weighted by molar-refractivity contribution is -0.152. The molecule has 0 fully saturated rings. The van der Waals surface area contributed by atoms with Gasteiger partial charge in [-0.05, 0) is 42.3 Å². The van der Waals surface area contributed by atoms with Gasteiger partial charge in [-0.15, -0.1) is 0 Å². The second-order valence-electron chi connectivity index (χ2n) is 5.46. The van der Waals surface area contributed by atoms with E-state index in [0.29, 0.717) is 22.9 Å². The molecule has 0 saturated carbocycles. The van der Waals surface area contributed by atoms with Crippen molar-refractivity contribution in [3.63, 3.8) is 0 Å². The topological polar surface area (TPSA) is 77.5 Å². The van der Waals surface area contributed by atoms with Crippen LogP contribution >= 0.6 is 23.2 Å². The van der Waals surface area contributed by atoms with Crippen LogP contribution in [-0.4, -0.2) is 30.1 Å². The highest BCUT2D eigenvalue weighted by molar-refractivity contribution is 6.32. The SMILES string of the molecule is O=C(COC(=O)[C@H]1COc2ccc(Cl)cc2C1)Nc1cccnc1Cl. The third kappa shape index (κ3) is 4.41. The molecule has 1 aromatic carbocycles. The Bertz CT molecular complexity index is 813. The van der Waals surface area contributed by atoms with Crippen molar-refractivity contribution in [1.82, 2.24) is 4.98 Å². The van der Waals surface area contributed by atoms with Crippen LogP contribution in [0.15, 0.2) is 36.5 Å². The van der Waals surface area contributed by atoms with E-state index < -0.39 is 24.4 Å². The fourth-order valence-corrected chi connectivity index (χ4v) is 2.80. The Morgan fingerprint density at radius 2 is 2.16 bits per heavy atom. The van der Waals surface area contributed by atoms with Gasteiger partial charge in [-0.2, -0.15) is 0 Å². The summed E-state index contributed by atoms with van der Waals surface area (Å²) in [5.74, 6) is -0.778. The molecule has 3 rings (SSSR count). The van der Waals surface area contributed by atoms with Gasteiger partial charge in [-0.1, -0.05) is 23.2 Å². The van der Waals surface area contributed by atoms with Gasteiger partial charge in [0.1, 0.15) is 12.4 Å². The Labute approximate surface area is 154 Å². The number of amides is 1. The van der Waals surface area contributed by atoms with Gasteiger partial charge in [0.15, 0.2) is 11.8 Å². The van der Waals surface area contributed by atoms with E-state index in [1.165, 1.54) is 6.20 Å². The normalized spacial score (nSPS) is 15.7. The minimum atomic E-state index is -0.502. The molecule has 8 heteroatoms. The summed E-state index contributed by atoms with van der Waals surface area (Å²) in [5.41, 5.74) is 1.20. The molecule has 0 unspecified atom stereocenters. The summed E-state index contributed by atoms with van der Waals surface area (Å²) in [6.45, 7) is -0.216. The molecule has 0 bridgehead atoms. The number of anilines is 1. The molecule has 0 aliphatic carbocycles. The summed E-state index contributed by atoms with van der Waals surface area (Å²) >= 11 is 11.8. The maximum Gasteiger partial charge on any atom is 0.313 e. The van der Waals surface area contributed by atoms with Crippen LogP contribution in [0.1, 0.15) is 5.56 Å². The number of hydrogen-bond acceptors (Lipinski definition) is 5. The van der Waals surface area contributed by atoms with Crippen molar-refractivity contribution < 1.29 is 19.1 Å². The average Bonchev–Trinajstić information content (AvgIpc) is 2.61. The minimum absolute atomic E-state index is 0.163. The smallest absolute Gasteiger partial charge is 0.313 e. The molecule has 130 valence electrons. The molecule has 0 saturated heterocycles. The first-order chi connectivity index (χ1) is 12.0. The Hall–Kier alpha value is -2.31. The minimum Gasteiger partial charge on any atom is -0.492 e. The highest BCUT2D eigenvalue weighted by Gasteiger charge is 2.28. The van der Waals surface area contributed by atoms with Gasteiger partial charge in [-0.25, -0.2) is 4.98 Å². The maximum absolute atomic E-state index is 12.2. The lowest BCUT2D eigenvalue weighted by Crippen LogP contribution is -2.32. The molecule has 1 aromatic heterocycles. The number of nitrogens with one attached hydrogen (secondary N) is 1. The highest BCUT2D eigenvalue weighted by atomic mass is 35.5. The van der Waals surface area contributed by atoms with Crippen molar-refractivity contribution in [3.8, 4) is 5.75 Å². The molecular weight excluding hydrogens is 367 g/mol. The van der Waals surface area contributed by atoms with E-state index in [0.717, 1.165) is 5.56 Å². The van der Waals surface area contributed by atoms with Crippen molar-refractivity contribution >= 4 is 40.8 Å². The summed E-state index contributed by atoms with van der Waals surface area (Å²) < 4.78 is 10.6. The number of carbonyl (C=O) groups is 2. The Morgan fingerprint density at radius 1 is 1.32 bits per heavy atom.